The first-order valence-corrected chi connectivity index (χ1v) is 10.1. The van der Waals surface area contributed by atoms with E-state index in [0.29, 0.717) is 12.3 Å². The molecular weight excluding hydrogens is 348 g/mol. The van der Waals surface area contributed by atoms with Crippen molar-refractivity contribution in [1.82, 2.24) is 0 Å². The van der Waals surface area contributed by atoms with Crippen LogP contribution in [-0.4, -0.2) is 18.4 Å². The summed E-state index contributed by atoms with van der Waals surface area (Å²) >= 11 is 0. The van der Waals surface area contributed by atoms with Crippen molar-refractivity contribution in [3.05, 3.63) is 58.1 Å². The zero-order valence-corrected chi connectivity index (χ0v) is 17.6. The van der Waals surface area contributed by atoms with Gasteiger partial charge in [0.15, 0.2) is 0 Å². The maximum absolute atomic E-state index is 12.9. The lowest BCUT2D eigenvalue weighted by molar-refractivity contribution is -0.118. The molecule has 1 N–H and O–H groups in total. The Morgan fingerprint density at radius 3 is 2.39 bits per heavy atom. The smallest absolute Gasteiger partial charge is 0.256 e. The van der Waals surface area contributed by atoms with Crippen LogP contribution in [0.25, 0.3) is 0 Å². The second-order valence-electron chi connectivity index (χ2n) is 8.30. The van der Waals surface area contributed by atoms with Gasteiger partial charge in [-0.2, -0.15) is 0 Å². The second kappa shape index (κ2) is 8.17. The highest BCUT2D eigenvalue weighted by atomic mass is 16.2. The van der Waals surface area contributed by atoms with Crippen LogP contribution in [0.2, 0.25) is 0 Å². The van der Waals surface area contributed by atoms with Gasteiger partial charge >= 0.3 is 0 Å². The van der Waals surface area contributed by atoms with Gasteiger partial charge in [-0.05, 0) is 74.4 Å². The Morgan fingerprint density at radius 2 is 1.75 bits per heavy atom. The lowest BCUT2D eigenvalue weighted by Crippen LogP contribution is -2.36. The number of amides is 2. The van der Waals surface area contributed by atoms with Crippen molar-refractivity contribution in [1.29, 1.82) is 0 Å². The fraction of sp³-hybridized carbons (Fsp3) is 0.417. The molecule has 4 nitrogen and oxygen atoms in total. The van der Waals surface area contributed by atoms with Crippen LogP contribution >= 0.6 is 0 Å². The number of fused-ring (bicyclic) bond motifs is 1. The lowest BCUT2D eigenvalue weighted by atomic mass is 9.98. The van der Waals surface area contributed by atoms with Crippen LogP contribution in [0.3, 0.4) is 0 Å². The number of hydrogen-bond acceptors (Lipinski definition) is 2. The zero-order chi connectivity index (χ0) is 20.4. The van der Waals surface area contributed by atoms with Gasteiger partial charge in [-0.3, -0.25) is 9.59 Å². The van der Waals surface area contributed by atoms with Gasteiger partial charge in [0.1, 0.15) is 0 Å². The number of carbonyl (C=O) groups excluding carboxylic acids is 2. The number of benzene rings is 2. The summed E-state index contributed by atoms with van der Waals surface area (Å²) in [6.07, 6.45) is 2.23. The standard InChI is InChI=1S/C24H30N2O2/c1-15(2)10-11-26-21-8-7-20(14-19(21)6-9-22(26)27)25-24(28)23-17(4)12-16(3)13-18(23)5/h7-8,12-15H,6,9-11H2,1-5H3,(H,25,28). The highest BCUT2D eigenvalue weighted by molar-refractivity contribution is 6.06. The second-order valence-corrected chi connectivity index (χ2v) is 8.30. The maximum atomic E-state index is 12.9. The van der Waals surface area contributed by atoms with Gasteiger partial charge in [0, 0.05) is 29.9 Å². The molecule has 0 saturated carbocycles. The average molecular weight is 379 g/mol. The first kappa shape index (κ1) is 20.1. The van der Waals surface area contributed by atoms with Gasteiger partial charge in [0.05, 0.1) is 0 Å². The summed E-state index contributed by atoms with van der Waals surface area (Å²) in [4.78, 5) is 27.1. The molecule has 0 radical (unpaired) electrons. The lowest BCUT2D eigenvalue weighted by Gasteiger charge is -2.30. The third kappa shape index (κ3) is 4.27. The molecule has 3 rings (SSSR count). The first-order valence-electron chi connectivity index (χ1n) is 10.1. The van der Waals surface area contributed by atoms with E-state index in [1.807, 2.05) is 56.0 Å². The number of hydrogen-bond donors (Lipinski definition) is 1. The summed E-state index contributed by atoms with van der Waals surface area (Å²) in [6.45, 7) is 11.1. The van der Waals surface area contributed by atoms with Crippen molar-refractivity contribution < 1.29 is 9.59 Å². The molecule has 28 heavy (non-hydrogen) atoms. The fourth-order valence-corrected chi connectivity index (χ4v) is 4.00. The Balaban J connectivity index is 1.82. The molecule has 2 amide bonds. The molecule has 0 aliphatic carbocycles. The number of aryl methyl sites for hydroxylation is 4. The summed E-state index contributed by atoms with van der Waals surface area (Å²) in [5.74, 6) is 0.659. The third-order valence-electron chi connectivity index (χ3n) is 5.37. The van der Waals surface area contributed by atoms with E-state index in [-0.39, 0.29) is 11.8 Å². The molecule has 0 atom stereocenters. The van der Waals surface area contributed by atoms with Crippen LogP contribution in [0.5, 0.6) is 0 Å². The van der Waals surface area contributed by atoms with E-state index >= 15 is 0 Å². The van der Waals surface area contributed by atoms with E-state index in [4.69, 9.17) is 0 Å². The van der Waals surface area contributed by atoms with Crippen LogP contribution in [0.15, 0.2) is 30.3 Å². The van der Waals surface area contributed by atoms with E-state index < -0.39 is 0 Å². The molecule has 0 unspecified atom stereocenters. The number of nitrogens with zero attached hydrogens (tertiary/aromatic N) is 1. The highest BCUT2D eigenvalue weighted by Gasteiger charge is 2.24. The van der Waals surface area contributed by atoms with E-state index in [0.717, 1.165) is 58.6 Å². The minimum atomic E-state index is -0.0847. The minimum Gasteiger partial charge on any atom is -0.322 e. The van der Waals surface area contributed by atoms with Crippen molar-refractivity contribution in [2.24, 2.45) is 5.92 Å². The van der Waals surface area contributed by atoms with Gasteiger partial charge in [0.2, 0.25) is 5.91 Å². The summed E-state index contributed by atoms with van der Waals surface area (Å²) in [5.41, 5.74) is 6.75. The summed E-state index contributed by atoms with van der Waals surface area (Å²) < 4.78 is 0. The number of carbonyl (C=O) groups is 2. The van der Waals surface area contributed by atoms with Gasteiger partial charge < -0.3 is 10.2 Å². The summed E-state index contributed by atoms with van der Waals surface area (Å²) in [7, 11) is 0. The van der Waals surface area contributed by atoms with Crippen molar-refractivity contribution in [3.63, 3.8) is 0 Å². The summed E-state index contributed by atoms with van der Waals surface area (Å²) in [5, 5.41) is 3.04. The van der Waals surface area contributed by atoms with E-state index in [9.17, 15) is 9.59 Å². The largest absolute Gasteiger partial charge is 0.322 e. The van der Waals surface area contributed by atoms with E-state index in [1.165, 1.54) is 0 Å². The summed E-state index contributed by atoms with van der Waals surface area (Å²) in [6, 6.07) is 9.95. The Labute approximate surface area is 167 Å². The van der Waals surface area contributed by atoms with Crippen molar-refractivity contribution in [3.8, 4) is 0 Å². The molecule has 1 aliphatic heterocycles. The maximum Gasteiger partial charge on any atom is 0.256 e. The monoisotopic (exact) mass is 378 g/mol. The van der Waals surface area contributed by atoms with Crippen molar-refractivity contribution in [2.45, 2.75) is 53.9 Å². The molecule has 0 spiro atoms. The van der Waals surface area contributed by atoms with Crippen LogP contribution in [0.1, 0.15) is 59.3 Å². The molecule has 2 aromatic rings. The van der Waals surface area contributed by atoms with Gasteiger partial charge in [0.25, 0.3) is 5.91 Å². The fourth-order valence-electron chi connectivity index (χ4n) is 4.00. The van der Waals surface area contributed by atoms with Crippen molar-refractivity contribution in [2.75, 3.05) is 16.8 Å². The Kier molecular flexibility index (Phi) is 5.87. The van der Waals surface area contributed by atoms with Gasteiger partial charge in [-0.15, -0.1) is 0 Å². The number of rotatable bonds is 5. The number of anilines is 2. The van der Waals surface area contributed by atoms with Crippen LogP contribution < -0.4 is 10.2 Å². The SMILES string of the molecule is Cc1cc(C)c(C(=O)Nc2ccc3c(c2)CCC(=O)N3CCC(C)C)c(C)c1. The highest BCUT2D eigenvalue weighted by Crippen LogP contribution is 2.31. The topological polar surface area (TPSA) is 49.4 Å². The number of nitrogens with one attached hydrogen (secondary N) is 1. The molecule has 1 heterocycles. The van der Waals surface area contributed by atoms with Crippen LogP contribution in [0, 0.1) is 26.7 Å². The molecule has 1 aliphatic rings. The molecule has 0 bridgehead atoms. The Bertz CT molecular complexity index is 892. The van der Waals surface area contributed by atoms with Gasteiger partial charge in [-0.25, -0.2) is 0 Å². The Hall–Kier alpha value is -2.62. The first-order chi connectivity index (χ1) is 13.3. The predicted molar refractivity (Wildman–Crippen MR) is 115 cm³/mol. The molecule has 0 saturated heterocycles. The molecule has 2 aromatic carbocycles. The van der Waals surface area contributed by atoms with E-state index in [2.05, 4.69) is 19.2 Å². The van der Waals surface area contributed by atoms with Crippen LogP contribution in [0.4, 0.5) is 11.4 Å². The van der Waals surface area contributed by atoms with Crippen LogP contribution in [-0.2, 0) is 11.2 Å². The molecule has 148 valence electrons. The van der Waals surface area contributed by atoms with Gasteiger partial charge in [-0.1, -0.05) is 31.5 Å². The quantitative estimate of drug-likeness (QED) is 0.778. The molecule has 0 aromatic heterocycles. The minimum absolute atomic E-state index is 0.0847. The molecule has 0 fully saturated rings. The normalized spacial score (nSPS) is 13.6. The molecular formula is C24H30N2O2. The average Bonchev–Trinajstić information content (AvgIpc) is 2.59. The zero-order valence-electron chi connectivity index (χ0n) is 17.6. The van der Waals surface area contributed by atoms with Crippen molar-refractivity contribution >= 4 is 23.2 Å². The van der Waals surface area contributed by atoms with E-state index in [1.54, 1.807) is 0 Å². The molecule has 4 heteroatoms. The third-order valence-corrected chi connectivity index (χ3v) is 5.37. The Morgan fingerprint density at radius 1 is 1.07 bits per heavy atom. The predicted octanol–water partition coefficient (Wildman–Crippen LogP) is 5.19.